The van der Waals surface area contributed by atoms with Crippen molar-refractivity contribution >= 4 is 15.8 Å². The predicted molar refractivity (Wildman–Crippen MR) is 60.6 cm³/mol. The smallest absolute Gasteiger partial charge is 0.323 e. The lowest BCUT2D eigenvalue weighted by Gasteiger charge is -2.24. The number of nitrogens with two attached hydrogens (primary N) is 1. The molecule has 0 aromatic heterocycles. The van der Waals surface area contributed by atoms with Gasteiger partial charge in [0.05, 0.1) is 11.5 Å². The molecule has 1 rings (SSSR count). The number of hydrogen-bond acceptors (Lipinski definition) is 5. The lowest BCUT2D eigenvalue weighted by molar-refractivity contribution is -0.157. The Labute approximate surface area is 96.3 Å². The van der Waals surface area contributed by atoms with Crippen molar-refractivity contribution in [3.8, 4) is 0 Å². The van der Waals surface area contributed by atoms with E-state index in [2.05, 4.69) is 0 Å². The lowest BCUT2D eigenvalue weighted by Crippen LogP contribution is -2.43. The fourth-order valence-electron chi connectivity index (χ4n) is 1.67. The average Bonchev–Trinajstić information content (AvgIpc) is 2.41. The van der Waals surface area contributed by atoms with Gasteiger partial charge in [0, 0.05) is 0 Å². The highest BCUT2D eigenvalue weighted by Gasteiger charge is 2.37. The molecular formula is C10H19NO4S. The van der Waals surface area contributed by atoms with Gasteiger partial charge in [-0.15, -0.1) is 0 Å². The zero-order valence-corrected chi connectivity index (χ0v) is 10.7. The number of carbonyl (C=O) groups excluding carboxylic acids is 1. The lowest BCUT2D eigenvalue weighted by atomic mass is 10.00. The van der Waals surface area contributed by atoms with Gasteiger partial charge in [0.2, 0.25) is 0 Å². The maximum atomic E-state index is 11.6. The Morgan fingerprint density at radius 2 is 2.00 bits per heavy atom. The highest BCUT2D eigenvalue weighted by molar-refractivity contribution is 7.91. The van der Waals surface area contributed by atoms with Gasteiger partial charge in [-0.25, -0.2) is 8.42 Å². The van der Waals surface area contributed by atoms with Crippen LogP contribution >= 0.6 is 0 Å². The first-order valence-corrected chi connectivity index (χ1v) is 7.12. The maximum absolute atomic E-state index is 11.6. The molecule has 0 bridgehead atoms. The van der Waals surface area contributed by atoms with Crippen LogP contribution in [0, 0.1) is 5.92 Å². The minimum atomic E-state index is -3.01. The maximum Gasteiger partial charge on any atom is 0.323 e. The fourth-order valence-corrected chi connectivity index (χ4v) is 3.52. The van der Waals surface area contributed by atoms with Crippen molar-refractivity contribution in [2.24, 2.45) is 11.7 Å². The summed E-state index contributed by atoms with van der Waals surface area (Å²) in [4.78, 5) is 11.6. The summed E-state index contributed by atoms with van der Waals surface area (Å²) >= 11 is 0. The van der Waals surface area contributed by atoms with E-state index < -0.39 is 27.4 Å². The molecule has 1 heterocycles. The van der Waals surface area contributed by atoms with Crippen molar-refractivity contribution in [2.45, 2.75) is 38.8 Å². The van der Waals surface area contributed by atoms with Gasteiger partial charge in [0.15, 0.2) is 9.84 Å². The van der Waals surface area contributed by atoms with Crippen molar-refractivity contribution in [3.05, 3.63) is 0 Å². The van der Waals surface area contributed by atoms with Crippen molar-refractivity contribution < 1.29 is 17.9 Å². The third-order valence-electron chi connectivity index (χ3n) is 2.45. The van der Waals surface area contributed by atoms with Gasteiger partial charge in [-0.05, 0) is 33.1 Å². The molecule has 0 spiro atoms. The summed E-state index contributed by atoms with van der Waals surface area (Å²) in [6.07, 6.45) is 0.447. The third kappa shape index (κ3) is 3.75. The van der Waals surface area contributed by atoms with Gasteiger partial charge in [-0.2, -0.15) is 0 Å². The molecular weight excluding hydrogens is 230 g/mol. The van der Waals surface area contributed by atoms with Crippen molar-refractivity contribution in [3.63, 3.8) is 0 Å². The van der Waals surface area contributed by atoms with E-state index in [0.717, 1.165) is 0 Å². The highest BCUT2D eigenvalue weighted by Crippen LogP contribution is 2.22. The predicted octanol–water partition coefficient (Wildman–Crippen LogP) is 0.0901. The summed E-state index contributed by atoms with van der Waals surface area (Å²) in [6, 6.07) is -0.837. The second-order valence-electron chi connectivity index (χ2n) is 5.22. The van der Waals surface area contributed by atoms with E-state index in [1.807, 2.05) is 0 Å². The van der Waals surface area contributed by atoms with Gasteiger partial charge in [0.1, 0.15) is 11.6 Å². The molecule has 0 saturated carbocycles. The standard InChI is InChI=1S/C10H19NO4S/c1-10(2,3)15-9(12)8(11)7-4-5-16(13,14)6-7/h7-8H,4-6,11H2,1-3H3. The van der Waals surface area contributed by atoms with Crippen LogP contribution in [0.2, 0.25) is 0 Å². The molecule has 0 radical (unpaired) electrons. The molecule has 1 aliphatic heterocycles. The van der Waals surface area contributed by atoms with E-state index >= 15 is 0 Å². The quantitative estimate of drug-likeness (QED) is 0.701. The van der Waals surface area contributed by atoms with Crippen LogP contribution in [0.3, 0.4) is 0 Å². The molecule has 1 aliphatic rings. The largest absolute Gasteiger partial charge is 0.459 e. The summed E-state index contributed by atoms with van der Waals surface area (Å²) in [5.41, 5.74) is 5.12. The van der Waals surface area contributed by atoms with Crippen LogP contribution in [-0.2, 0) is 19.4 Å². The fraction of sp³-hybridized carbons (Fsp3) is 0.900. The molecule has 16 heavy (non-hydrogen) atoms. The Hall–Kier alpha value is -0.620. The summed E-state index contributed by atoms with van der Waals surface area (Å²) in [7, 11) is -3.01. The SMILES string of the molecule is CC(C)(C)OC(=O)C(N)C1CCS(=O)(=O)C1. The molecule has 0 aromatic carbocycles. The van der Waals surface area contributed by atoms with Crippen LogP contribution in [-0.4, -0.2) is 37.5 Å². The van der Waals surface area contributed by atoms with E-state index in [-0.39, 0.29) is 17.4 Å². The first-order valence-electron chi connectivity index (χ1n) is 5.29. The Morgan fingerprint density at radius 3 is 2.38 bits per heavy atom. The molecule has 1 fully saturated rings. The van der Waals surface area contributed by atoms with Gasteiger partial charge in [-0.1, -0.05) is 0 Å². The molecule has 0 aromatic rings. The van der Waals surface area contributed by atoms with E-state index in [1.54, 1.807) is 20.8 Å². The molecule has 5 nitrogen and oxygen atoms in total. The molecule has 2 N–H and O–H groups in total. The third-order valence-corrected chi connectivity index (χ3v) is 4.25. The van der Waals surface area contributed by atoms with Crippen LogP contribution in [0.15, 0.2) is 0 Å². The Morgan fingerprint density at radius 1 is 1.44 bits per heavy atom. The first kappa shape index (κ1) is 13.4. The summed E-state index contributed by atoms with van der Waals surface area (Å²) in [6.45, 7) is 5.26. The van der Waals surface area contributed by atoms with E-state index in [1.165, 1.54) is 0 Å². The topological polar surface area (TPSA) is 86.5 Å². The highest BCUT2D eigenvalue weighted by atomic mass is 32.2. The van der Waals surface area contributed by atoms with Crippen molar-refractivity contribution in [1.29, 1.82) is 0 Å². The summed E-state index contributed by atoms with van der Waals surface area (Å²) in [5, 5.41) is 0. The monoisotopic (exact) mass is 249 g/mol. The average molecular weight is 249 g/mol. The van der Waals surface area contributed by atoms with Crippen molar-refractivity contribution in [1.82, 2.24) is 0 Å². The molecule has 2 unspecified atom stereocenters. The van der Waals surface area contributed by atoms with Crippen LogP contribution in [0.4, 0.5) is 0 Å². The van der Waals surface area contributed by atoms with E-state index in [4.69, 9.17) is 10.5 Å². The molecule has 6 heteroatoms. The number of ether oxygens (including phenoxy) is 1. The molecule has 0 aliphatic carbocycles. The Bertz CT molecular complexity index is 369. The minimum Gasteiger partial charge on any atom is -0.459 e. The van der Waals surface area contributed by atoms with Crippen LogP contribution in [0.1, 0.15) is 27.2 Å². The van der Waals surface area contributed by atoms with Gasteiger partial charge < -0.3 is 10.5 Å². The molecule has 94 valence electrons. The Kier molecular flexibility index (Phi) is 3.64. The minimum absolute atomic E-state index is 0.00654. The van der Waals surface area contributed by atoms with Crippen molar-refractivity contribution in [2.75, 3.05) is 11.5 Å². The summed E-state index contributed by atoms with van der Waals surface area (Å²) < 4.78 is 27.6. The zero-order valence-electron chi connectivity index (χ0n) is 9.89. The number of hydrogen-bond donors (Lipinski definition) is 1. The zero-order chi connectivity index (χ0) is 12.6. The van der Waals surface area contributed by atoms with E-state index in [0.29, 0.717) is 6.42 Å². The normalized spacial score (nSPS) is 26.4. The van der Waals surface area contributed by atoms with Crippen LogP contribution in [0.25, 0.3) is 0 Å². The van der Waals surface area contributed by atoms with E-state index in [9.17, 15) is 13.2 Å². The number of esters is 1. The molecule has 1 saturated heterocycles. The van der Waals surface area contributed by atoms with Gasteiger partial charge in [0.25, 0.3) is 0 Å². The molecule has 2 atom stereocenters. The second-order valence-corrected chi connectivity index (χ2v) is 7.45. The van der Waals surface area contributed by atoms with Gasteiger partial charge >= 0.3 is 5.97 Å². The van der Waals surface area contributed by atoms with Gasteiger partial charge in [-0.3, -0.25) is 4.79 Å². The summed E-state index contributed by atoms with van der Waals surface area (Å²) in [5.74, 6) is -0.712. The Balaban J connectivity index is 2.59. The molecule has 0 amide bonds. The number of sulfone groups is 1. The second kappa shape index (κ2) is 4.33. The number of rotatable bonds is 2. The number of carbonyl (C=O) groups is 1. The first-order chi connectivity index (χ1) is 7.11. The van der Waals surface area contributed by atoms with Crippen LogP contribution in [0.5, 0.6) is 0 Å². The van der Waals surface area contributed by atoms with Crippen LogP contribution < -0.4 is 5.73 Å².